The highest BCUT2D eigenvalue weighted by molar-refractivity contribution is 6.13. The van der Waals surface area contributed by atoms with Gasteiger partial charge in [-0.25, -0.2) is 4.98 Å². The van der Waals surface area contributed by atoms with Crippen LogP contribution in [-0.2, 0) is 5.41 Å². The van der Waals surface area contributed by atoms with E-state index in [0.717, 1.165) is 28.1 Å². The summed E-state index contributed by atoms with van der Waals surface area (Å²) in [6.07, 6.45) is 0. The fraction of sp³-hybridized carbons (Fsp3) is 0.0208. The Hall–Kier alpha value is -6.51. The van der Waals surface area contributed by atoms with Crippen LogP contribution < -0.4 is 0 Å². The van der Waals surface area contributed by atoms with Gasteiger partial charge in [0, 0.05) is 21.9 Å². The van der Waals surface area contributed by atoms with Crippen molar-refractivity contribution in [1.29, 1.82) is 0 Å². The van der Waals surface area contributed by atoms with E-state index in [2.05, 4.69) is 187 Å². The van der Waals surface area contributed by atoms with Crippen LogP contribution >= 0.6 is 0 Å². The van der Waals surface area contributed by atoms with Crippen LogP contribution in [0.2, 0.25) is 0 Å². The Morgan fingerprint density at radius 3 is 1.60 bits per heavy atom. The zero-order valence-electron chi connectivity index (χ0n) is 27.2. The molecule has 1 aliphatic carbocycles. The summed E-state index contributed by atoms with van der Waals surface area (Å²) in [5, 5.41) is 2.53. The van der Waals surface area contributed by atoms with E-state index in [-0.39, 0.29) is 0 Å². The van der Waals surface area contributed by atoms with Crippen molar-refractivity contribution in [3.05, 3.63) is 204 Å². The highest BCUT2D eigenvalue weighted by Gasteiger charge is 2.50. The van der Waals surface area contributed by atoms with E-state index < -0.39 is 5.41 Å². The van der Waals surface area contributed by atoms with Crippen LogP contribution in [0.3, 0.4) is 0 Å². The number of rotatable bonds is 3. The molecule has 0 N–H and O–H groups in total. The van der Waals surface area contributed by atoms with Crippen molar-refractivity contribution in [1.82, 2.24) is 9.55 Å². The zero-order valence-corrected chi connectivity index (χ0v) is 27.2. The van der Waals surface area contributed by atoms with E-state index in [1.807, 2.05) is 0 Å². The molecule has 0 bridgehead atoms. The highest BCUT2D eigenvalue weighted by Crippen LogP contribution is 2.60. The van der Waals surface area contributed by atoms with Crippen LogP contribution in [-0.4, -0.2) is 9.55 Å². The molecule has 0 atom stereocenters. The second kappa shape index (κ2) is 10.2. The van der Waals surface area contributed by atoms with Crippen molar-refractivity contribution in [2.75, 3.05) is 0 Å². The summed E-state index contributed by atoms with van der Waals surface area (Å²) in [5.41, 5.74) is 17.9. The van der Waals surface area contributed by atoms with Crippen molar-refractivity contribution in [3.63, 3.8) is 0 Å². The lowest BCUT2D eigenvalue weighted by molar-refractivity contribution is 0.748. The second-order valence-corrected chi connectivity index (χ2v) is 13.5. The Labute approximate surface area is 290 Å². The van der Waals surface area contributed by atoms with Gasteiger partial charge < -0.3 is 4.57 Å². The average Bonchev–Trinajstić information content (AvgIpc) is 3.69. The lowest BCUT2D eigenvalue weighted by Crippen LogP contribution is -2.33. The molecule has 2 aliphatic rings. The molecule has 2 aromatic heterocycles. The van der Waals surface area contributed by atoms with Crippen LogP contribution in [0.4, 0.5) is 0 Å². The predicted molar refractivity (Wildman–Crippen MR) is 206 cm³/mol. The molecule has 0 amide bonds. The molecule has 0 radical (unpaired) electrons. The molecule has 9 aromatic rings. The van der Waals surface area contributed by atoms with Gasteiger partial charge in [0.25, 0.3) is 0 Å². The molecule has 1 spiro atoms. The lowest BCUT2D eigenvalue weighted by Gasteiger charge is -2.39. The molecule has 0 fully saturated rings. The molecule has 0 saturated carbocycles. The van der Waals surface area contributed by atoms with Crippen molar-refractivity contribution in [3.8, 4) is 50.5 Å². The minimum absolute atomic E-state index is 0.406. The fourth-order valence-corrected chi connectivity index (χ4v) is 8.96. The number of para-hydroxylation sites is 2. The zero-order chi connectivity index (χ0) is 32.8. The van der Waals surface area contributed by atoms with Crippen LogP contribution in [0.15, 0.2) is 182 Å². The Balaban J connectivity index is 1.20. The van der Waals surface area contributed by atoms with E-state index in [9.17, 15) is 0 Å². The maximum atomic E-state index is 5.15. The molecule has 2 heteroatoms. The lowest BCUT2D eigenvalue weighted by atomic mass is 9.65. The molecule has 11 rings (SSSR count). The Morgan fingerprint density at radius 2 is 0.940 bits per heavy atom. The smallest absolute Gasteiger partial charge is 0.0754 e. The third-order valence-corrected chi connectivity index (χ3v) is 11.0. The molecule has 50 heavy (non-hydrogen) atoms. The molecule has 0 unspecified atom stereocenters. The molecular formula is C48H30N2. The Kier molecular flexibility index (Phi) is 5.62. The Bertz CT molecular complexity index is 2700. The number of aromatic nitrogens is 2. The van der Waals surface area contributed by atoms with E-state index in [1.54, 1.807) is 0 Å². The maximum absolute atomic E-state index is 5.15. The average molecular weight is 635 g/mol. The highest BCUT2D eigenvalue weighted by atomic mass is 15.0. The molecule has 3 heterocycles. The first-order valence-corrected chi connectivity index (χ1v) is 17.3. The summed E-state index contributed by atoms with van der Waals surface area (Å²) in [6, 6.07) is 66.5. The number of nitrogens with zero attached hydrogens (tertiary/aromatic N) is 2. The topological polar surface area (TPSA) is 17.8 Å². The molecular weight excluding hydrogens is 605 g/mol. The number of hydrogen-bond donors (Lipinski definition) is 0. The Morgan fingerprint density at radius 1 is 0.380 bits per heavy atom. The summed E-state index contributed by atoms with van der Waals surface area (Å²) in [6.45, 7) is 0. The van der Waals surface area contributed by atoms with Crippen LogP contribution in [0.5, 0.6) is 0 Å². The van der Waals surface area contributed by atoms with Crippen molar-refractivity contribution in [2.24, 2.45) is 0 Å². The summed E-state index contributed by atoms with van der Waals surface area (Å²) in [4.78, 5) is 5.15. The first-order valence-electron chi connectivity index (χ1n) is 17.3. The third kappa shape index (κ3) is 3.60. The minimum Gasteiger partial charge on any atom is -0.309 e. The standard InChI is InChI=1S/C48H30N2/c1-3-14-31(15-4-1)43-29-34(30-44(49-43)32-16-5-2-6-17-32)33-26-27-45-38(28-33)37-20-13-24-42-47(37)50(45)46-25-12-11-23-41(46)48(42)39-21-9-7-18-35(39)36-19-8-10-22-40(36)48/h1-30H. The van der Waals surface area contributed by atoms with Crippen LogP contribution in [0, 0.1) is 0 Å². The summed E-state index contributed by atoms with van der Waals surface area (Å²) < 4.78 is 2.52. The maximum Gasteiger partial charge on any atom is 0.0754 e. The van der Waals surface area contributed by atoms with Gasteiger partial charge >= 0.3 is 0 Å². The quantitative estimate of drug-likeness (QED) is 0.189. The van der Waals surface area contributed by atoms with Gasteiger partial charge in [0.05, 0.1) is 33.5 Å². The van der Waals surface area contributed by atoms with Crippen LogP contribution in [0.25, 0.3) is 72.3 Å². The first-order chi connectivity index (χ1) is 24.8. The van der Waals surface area contributed by atoms with Gasteiger partial charge in [0.15, 0.2) is 0 Å². The summed E-state index contributed by atoms with van der Waals surface area (Å²) >= 11 is 0. The van der Waals surface area contributed by atoms with E-state index in [0.29, 0.717) is 0 Å². The van der Waals surface area contributed by atoms with Gasteiger partial charge in [-0.05, 0) is 74.8 Å². The number of hydrogen-bond acceptors (Lipinski definition) is 1. The van der Waals surface area contributed by atoms with Gasteiger partial charge in [-0.2, -0.15) is 0 Å². The normalized spacial score (nSPS) is 13.4. The number of pyridine rings is 1. The summed E-state index contributed by atoms with van der Waals surface area (Å²) in [5.74, 6) is 0. The van der Waals surface area contributed by atoms with E-state index >= 15 is 0 Å². The van der Waals surface area contributed by atoms with Gasteiger partial charge in [0.2, 0.25) is 0 Å². The summed E-state index contributed by atoms with van der Waals surface area (Å²) in [7, 11) is 0. The number of benzene rings is 7. The van der Waals surface area contributed by atoms with Crippen molar-refractivity contribution in [2.45, 2.75) is 5.41 Å². The van der Waals surface area contributed by atoms with Gasteiger partial charge in [-0.3, -0.25) is 0 Å². The van der Waals surface area contributed by atoms with Crippen molar-refractivity contribution >= 4 is 21.8 Å². The SMILES string of the molecule is c1ccc(-c2cc(-c3ccc4c(c3)c3cccc5c3n4-c3ccccc3C53c4ccccc4-c4ccccc43)cc(-c3ccccc3)n2)cc1. The second-order valence-electron chi connectivity index (χ2n) is 13.5. The molecule has 2 nitrogen and oxygen atoms in total. The van der Waals surface area contributed by atoms with Crippen molar-refractivity contribution < 1.29 is 0 Å². The monoisotopic (exact) mass is 634 g/mol. The van der Waals surface area contributed by atoms with Gasteiger partial charge in [0.1, 0.15) is 0 Å². The largest absolute Gasteiger partial charge is 0.309 e. The van der Waals surface area contributed by atoms with E-state index in [1.165, 1.54) is 66.4 Å². The number of fused-ring (bicyclic) bond motifs is 12. The molecule has 1 aliphatic heterocycles. The third-order valence-electron chi connectivity index (χ3n) is 11.0. The molecule has 0 saturated heterocycles. The van der Waals surface area contributed by atoms with Gasteiger partial charge in [-0.15, -0.1) is 0 Å². The first kappa shape index (κ1) is 27.4. The molecule has 7 aromatic carbocycles. The fourth-order valence-electron chi connectivity index (χ4n) is 8.96. The van der Waals surface area contributed by atoms with Crippen LogP contribution in [0.1, 0.15) is 22.3 Å². The van der Waals surface area contributed by atoms with Gasteiger partial charge in [-0.1, -0.05) is 152 Å². The van der Waals surface area contributed by atoms with E-state index in [4.69, 9.17) is 4.98 Å². The molecule has 232 valence electrons. The minimum atomic E-state index is -0.406. The predicted octanol–water partition coefficient (Wildman–Crippen LogP) is 11.9.